The molecule has 0 amide bonds. The molecule has 5 atom stereocenters. The van der Waals surface area contributed by atoms with Crippen LogP contribution >= 0.6 is 0 Å². The highest BCUT2D eigenvalue weighted by molar-refractivity contribution is 5.74. The van der Waals surface area contributed by atoms with Crippen LogP contribution in [0.15, 0.2) is 0 Å². The molecule has 9 heteroatoms. The second-order valence-corrected chi connectivity index (χ2v) is 3.48. The van der Waals surface area contributed by atoms with Crippen LogP contribution in [0.3, 0.4) is 0 Å². The quantitative estimate of drug-likeness (QED) is 0.292. The number of carboxylic acid groups (broad SMARTS) is 2. The third-order valence-corrected chi connectivity index (χ3v) is 2.10. The highest BCUT2D eigenvalue weighted by Crippen LogP contribution is 2.12. The molecule has 9 nitrogen and oxygen atoms in total. The van der Waals surface area contributed by atoms with Gasteiger partial charge in [0.05, 0.1) is 0 Å². The van der Waals surface area contributed by atoms with Crippen molar-refractivity contribution < 1.29 is 44.7 Å². The molecule has 0 aromatic rings. The van der Waals surface area contributed by atoms with E-state index in [1.807, 2.05) is 0 Å². The monoisotopic (exact) mass is 266 g/mol. The molecule has 0 aromatic heterocycles. The van der Waals surface area contributed by atoms with Crippen molar-refractivity contribution in [1.82, 2.24) is 0 Å². The zero-order valence-electron chi connectivity index (χ0n) is 9.33. The van der Waals surface area contributed by atoms with Gasteiger partial charge in [0.15, 0.2) is 18.5 Å². The van der Waals surface area contributed by atoms with Gasteiger partial charge in [-0.25, -0.2) is 9.59 Å². The number of carbonyl (C=O) groups excluding carboxylic acids is 1. The van der Waals surface area contributed by atoms with E-state index in [1.54, 1.807) is 0 Å². The molecule has 0 aliphatic heterocycles. The number of aliphatic hydroxyl groups is 3. The van der Waals surface area contributed by atoms with Crippen LogP contribution in [0.5, 0.6) is 0 Å². The second-order valence-electron chi connectivity index (χ2n) is 3.48. The van der Waals surface area contributed by atoms with Gasteiger partial charge < -0.3 is 35.1 Å². The molecule has 1 unspecified atom stereocenters. The molecule has 0 heterocycles. The van der Waals surface area contributed by atoms with Gasteiger partial charge in [-0.1, -0.05) is 0 Å². The van der Waals surface area contributed by atoms with Crippen molar-refractivity contribution in [2.75, 3.05) is 0 Å². The lowest BCUT2D eigenvalue weighted by Gasteiger charge is -2.28. The summed E-state index contributed by atoms with van der Waals surface area (Å²) in [6.07, 6.45) is -9.98. The summed E-state index contributed by atoms with van der Waals surface area (Å²) < 4.78 is 4.62. The van der Waals surface area contributed by atoms with Crippen LogP contribution in [0.4, 0.5) is 0 Å². The molecule has 0 aromatic carbocycles. The minimum Gasteiger partial charge on any atom is -0.479 e. The molecular weight excluding hydrogens is 252 g/mol. The Kier molecular flexibility index (Phi) is 6.41. The van der Waals surface area contributed by atoms with Crippen molar-refractivity contribution in [2.45, 2.75) is 37.4 Å². The zero-order chi connectivity index (χ0) is 14.5. The lowest BCUT2D eigenvalue weighted by atomic mass is 10.0. The van der Waals surface area contributed by atoms with E-state index in [0.717, 1.165) is 6.92 Å². The molecule has 18 heavy (non-hydrogen) atoms. The molecule has 0 spiro atoms. The molecule has 0 saturated heterocycles. The number of aliphatic hydroxyl groups excluding tert-OH is 3. The van der Waals surface area contributed by atoms with E-state index in [4.69, 9.17) is 15.3 Å². The Hall–Kier alpha value is -1.55. The first kappa shape index (κ1) is 16.4. The van der Waals surface area contributed by atoms with Gasteiger partial charge in [0.2, 0.25) is 0 Å². The first-order valence-electron chi connectivity index (χ1n) is 4.83. The molecular formula is C9H14O9. The predicted molar refractivity (Wildman–Crippen MR) is 53.7 cm³/mol. The number of carbonyl (C=O) groups is 3. The maximum atomic E-state index is 10.5. The average molecular weight is 266 g/mol. The molecule has 0 rings (SSSR count). The Balaban J connectivity index is 4.98. The third-order valence-electron chi connectivity index (χ3n) is 2.10. The van der Waals surface area contributed by atoms with Crippen LogP contribution in [0, 0.1) is 0 Å². The number of rotatable bonds is 8. The van der Waals surface area contributed by atoms with Crippen LogP contribution in [-0.2, 0) is 19.1 Å². The van der Waals surface area contributed by atoms with Gasteiger partial charge in [-0.2, -0.15) is 0 Å². The van der Waals surface area contributed by atoms with E-state index in [-0.39, 0.29) is 6.29 Å². The third kappa shape index (κ3) is 4.37. The zero-order valence-corrected chi connectivity index (χ0v) is 9.33. The van der Waals surface area contributed by atoms with E-state index >= 15 is 0 Å². The normalized spacial score (nSPS) is 19.3. The summed E-state index contributed by atoms with van der Waals surface area (Å²) in [6, 6.07) is 0. The van der Waals surface area contributed by atoms with Crippen LogP contribution in [0.1, 0.15) is 6.92 Å². The fraction of sp³-hybridized carbons (Fsp3) is 0.667. The van der Waals surface area contributed by atoms with E-state index in [1.165, 1.54) is 0 Å². The average Bonchev–Trinajstić information content (AvgIpc) is 2.32. The molecule has 5 N–H and O–H groups in total. The second kappa shape index (κ2) is 7.01. The predicted octanol–water partition coefficient (Wildman–Crippen LogP) is -2.79. The summed E-state index contributed by atoms with van der Waals surface area (Å²) in [6.45, 7) is 1.03. The Bertz CT molecular complexity index is 315. The van der Waals surface area contributed by atoms with Crippen LogP contribution in [-0.4, -0.2) is 74.3 Å². The molecule has 0 radical (unpaired) electrons. The number of aldehydes is 1. The number of ether oxygens (including phenoxy) is 1. The largest absolute Gasteiger partial charge is 0.479 e. The maximum Gasteiger partial charge on any atom is 0.335 e. The number of hydrogen-bond donors (Lipinski definition) is 5. The number of aliphatic carboxylic acids is 2. The fourth-order valence-corrected chi connectivity index (χ4v) is 1.05. The molecule has 0 aliphatic carbocycles. The summed E-state index contributed by atoms with van der Waals surface area (Å²) in [5.41, 5.74) is 0. The molecule has 0 bridgehead atoms. The lowest BCUT2D eigenvalue weighted by Crippen LogP contribution is -2.51. The summed E-state index contributed by atoms with van der Waals surface area (Å²) in [5.74, 6) is -3.26. The smallest absolute Gasteiger partial charge is 0.335 e. The molecule has 104 valence electrons. The Morgan fingerprint density at radius 3 is 1.94 bits per heavy atom. The van der Waals surface area contributed by atoms with Gasteiger partial charge in [-0.05, 0) is 6.92 Å². The van der Waals surface area contributed by atoms with Gasteiger partial charge in [-0.15, -0.1) is 0 Å². The molecule has 0 fully saturated rings. The molecule has 0 aliphatic rings. The van der Waals surface area contributed by atoms with Crippen molar-refractivity contribution in [3.8, 4) is 0 Å². The first-order valence-corrected chi connectivity index (χ1v) is 4.83. The standard InChI is InChI=1S/C9H14O9/c1-3(8(14)15)18-7(6(13)9(16)17)5(12)4(11)2-10/h2-7,11-13H,1H3,(H,14,15)(H,16,17)/t3?,4-,5+,6-,7-/m0/s1. The highest BCUT2D eigenvalue weighted by Gasteiger charge is 2.38. The Morgan fingerprint density at radius 2 is 1.61 bits per heavy atom. The minimum atomic E-state index is -2.30. The van der Waals surface area contributed by atoms with Gasteiger partial charge in [0.1, 0.15) is 18.3 Å². The highest BCUT2D eigenvalue weighted by atomic mass is 16.5. The number of hydrogen-bond acceptors (Lipinski definition) is 7. The Labute approximate surface area is 101 Å². The summed E-state index contributed by atoms with van der Waals surface area (Å²) in [7, 11) is 0. The van der Waals surface area contributed by atoms with Gasteiger partial charge in [0, 0.05) is 0 Å². The van der Waals surface area contributed by atoms with E-state index < -0.39 is 42.5 Å². The van der Waals surface area contributed by atoms with Gasteiger partial charge in [-0.3, -0.25) is 0 Å². The maximum absolute atomic E-state index is 10.5. The van der Waals surface area contributed by atoms with Crippen LogP contribution in [0.25, 0.3) is 0 Å². The van der Waals surface area contributed by atoms with Gasteiger partial charge in [0.25, 0.3) is 0 Å². The summed E-state index contributed by atoms with van der Waals surface area (Å²) in [4.78, 5) is 31.3. The lowest BCUT2D eigenvalue weighted by molar-refractivity contribution is -0.186. The SMILES string of the molecule is CC(O[C@@H]([C@H](O)[C@@H](O)C=O)[C@H](O)C(=O)O)C(=O)O. The van der Waals surface area contributed by atoms with Crippen molar-refractivity contribution in [3.05, 3.63) is 0 Å². The summed E-state index contributed by atoms with van der Waals surface area (Å²) >= 11 is 0. The topological polar surface area (TPSA) is 162 Å². The summed E-state index contributed by atoms with van der Waals surface area (Å²) in [5, 5.41) is 44.8. The fourth-order valence-electron chi connectivity index (χ4n) is 1.05. The van der Waals surface area contributed by atoms with E-state index in [2.05, 4.69) is 4.74 Å². The van der Waals surface area contributed by atoms with Crippen molar-refractivity contribution >= 4 is 18.2 Å². The number of carboxylic acids is 2. The Morgan fingerprint density at radius 1 is 1.11 bits per heavy atom. The van der Waals surface area contributed by atoms with Crippen LogP contribution in [0.2, 0.25) is 0 Å². The molecule has 0 saturated carbocycles. The minimum absolute atomic E-state index is 0.0962. The van der Waals surface area contributed by atoms with E-state index in [9.17, 15) is 24.6 Å². The van der Waals surface area contributed by atoms with E-state index in [0.29, 0.717) is 0 Å². The van der Waals surface area contributed by atoms with Crippen molar-refractivity contribution in [2.24, 2.45) is 0 Å². The van der Waals surface area contributed by atoms with Gasteiger partial charge >= 0.3 is 11.9 Å². The van der Waals surface area contributed by atoms with Crippen molar-refractivity contribution in [3.63, 3.8) is 0 Å². The van der Waals surface area contributed by atoms with Crippen molar-refractivity contribution in [1.29, 1.82) is 0 Å². The van der Waals surface area contributed by atoms with Crippen LogP contribution < -0.4 is 0 Å². The first-order chi connectivity index (χ1) is 8.22.